The fourth-order valence-corrected chi connectivity index (χ4v) is 4.99. The summed E-state index contributed by atoms with van der Waals surface area (Å²) in [6.07, 6.45) is 3.54. The van der Waals surface area contributed by atoms with Gasteiger partial charge in [0.25, 0.3) is 0 Å². The molecule has 1 aromatic heterocycles. The van der Waals surface area contributed by atoms with Crippen LogP contribution in [0.4, 0.5) is 22.0 Å². The number of anilines is 3. The van der Waals surface area contributed by atoms with E-state index in [0.29, 0.717) is 24.7 Å². The van der Waals surface area contributed by atoms with Crippen LogP contribution in [0.25, 0.3) is 10.9 Å². The molecule has 0 saturated heterocycles. The topological polar surface area (TPSA) is 93.0 Å². The van der Waals surface area contributed by atoms with Crippen molar-refractivity contribution in [2.45, 2.75) is 37.8 Å². The number of hydrogen-bond donors (Lipinski definition) is 2. The highest BCUT2D eigenvalue weighted by atomic mass is 16.6. The van der Waals surface area contributed by atoms with Gasteiger partial charge in [0.2, 0.25) is 0 Å². The van der Waals surface area contributed by atoms with Crippen LogP contribution in [-0.2, 0) is 0 Å². The van der Waals surface area contributed by atoms with Crippen LogP contribution in [0.1, 0.15) is 25.7 Å². The molecule has 0 spiro atoms. The van der Waals surface area contributed by atoms with Gasteiger partial charge in [-0.25, -0.2) is 9.78 Å². The van der Waals surface area contributed by atoms with Crippen LogP contribution in [0.5, 0.6) is 11.5 Å². The maximum Gasteiger partial charge on any atom is 0.319 e. The quantitative estimate of drug-likeness (QED) is 0.586. The third-order valence-corrected chi connectivity index (χ3v) is 6.63. The number of pyridine rings is 1. The fourth-order valence-electron chi connectivity index (χ4n) is 4.99. The predicted octanol–water partition coefficient (Wildman–Crippen LogP) is 4.38. The Morgan fingerprint density at radius 2 is 1.74 bits per heavy atom. The number of rotatable bonds is 5. The van der Waals surface area contributed by atoms with Gasteiger partial charge < -0.3 is 25.4 Å². The molecule has 2 amide bonds. The standard InChI is InChI=1S/C26H31N5O3/c1-30(2)22-16-25(29-21-6-4-3-5-20(21)22)28-17-7-9-18(10-8-17)31(26(27)32)19-11-12-23-24(15-19)34-14-13-33-23/h3-6,11-12,15-18H,7-10,13-14H2,1-2H3,(H2,27,32)(H,28,29). The van der Waals surface area contributed by atoms with E-state index >= 15 is 0 Å². The molecule has 0 unspecified atom stereocenters. The van der Waals surface area contributed by atoms with E-state index in [1.54, 1.807) is 4.90 Å². The third-order valence-electron chi connectivity index (χ3n) is 6.63. The van der Waals surface area contributed by atoms with Gasteiger partial charge >= 0.3 is 6.03 Å². The molecule has 2 aliphatic rings. The molecule has 0 radical (unpaired) electrons. The van der Waals surface area contributed by atoms with Crippen molar-refractivity contribution in [1.29, 1.82) is 0 Å². The van der Waals surface area contributed by atoms with Crippen LogP contribution in [0.2, 0.25) is 0 Å². The molecule has 8 nitrogen and oxygen atoms in total. The van der Waals surface area contributed by atoms with Gasteiger partial charge in [-0.2, -0.15) is 0 Å². The zero-order valence-electron chi connectivity index (χ0n) is 19.7. The Labute approximate surface area is 199 Å². The zero-order valence-corrected chi connectivity index (χ0v) is 19.7. The van der Waals surface area contributed by atoms with E-state index in [2.05, 4.69) is 22.3 Å². The number of primary amides is 1. The van der Waals surface area contributed by atoms with Crippen LogP contribution in [-0.4, -0.2) is 50.4 Å². The number of nitrogens with two attached hydrogens (primary N) is 1. The van der Waals surface area contributed by atoms with Crippen LogP contribution in [0, 0.1) is 0 Å². The lowest BCUT2D eigenvalue weighted by atomic mass is 9.90. The van der Waals surface area contributed by atoms with Gasteiger partial charge in [-0.1, -0.05) is 18.2 Å². The van der Waals surface area contributed by atoms with Gasteiger partial charge in [-0.15, -0.1) is 0 Å². The molecule has 1 fully saturated rings. The van der Waals surface area contributed by atoms with E-state index in [4.69, 9.17) is 20.2 Å². The summed E-state index contributed by atoms with van der Waals surface area (Å²) in [7, 11) is 4.10. The van der Waals surface area contributed by atoms with Crippen molar-refractivity contribution in [1.82, 2.24) is 4.98 Å². The first kappa shape index (κ1) is 22.1. The van der Waals surface area contributed by atoms with Gasteiger partial charge in [0, 0.05) is 55.1 Å². The summed E-state index contributed by atoms with van der Waals surface area (Å²) in [5, 5.41) is 4.77. The average molecular weight is 462 g/mol. The van der Waals surface area contributed by atoms with Crippen molar-refractivity contribution in [2.75, 3.05) is 42.4 Å². The van der Waals surface area contributed by atoms with Gasteiger partial charge in [0.05, 0.1) is 5.52 Å². The predicted molar refractivity (Wildman–Crippen MR) is 135 cm³/mol. The summed E-state index contributed by atoms with van der Waals surface area (Å²) in [5.41, 5.74) is 8.68. The zero-order chi connectivity index (χ0) is 23.7. The first-order valence-electron chi connectivity index (χ1n) is 11.8. The Kier molecular flexibility index (Phi) is 6.04. The van der Waals surface area contributed by atoms with Gasteiger partial charge in [-0.05, 0) is 43.9 Å². The van der Waals surface area contributed by atoms with E-state index < -0.39 is 6.03 Å². The minimum absolute atomic E-state index is 0.0417. The highest BCUT2D eigenvalue weighted by Gasteiger charge is 2.30. The number of aromatic nitrogens is 1. The maximum absolute atomic E-state index is 12.4. The van der Waals surface area contributed by atoms with Crippen molar-refractivity contribution < 1.29 is 14.3 Å². The molecular weight excluding hydrogens is 430 g/mol. The van der Waals surface area contributed by atoms with Crippen LogP contribution >= 0.6 is 0 Å². The Morgan fingerprint density at radius 1 is 1.00 bits per heavy atom. The molecule has 2 aromatic carbocycles. The molecule has 8 heteroatoms. The first-order chi connectivity index (χ1) is 16.5. The number of ether oxygens (including phenoxy) is 2. The smallest absolute Gasteiger partial charge is 0.319 e. The average Bonchev–Trinajstić information content (AvgIpc) is 2.84. The van der Waals surface area contributed by atoms with E-state index in [-0.39, 0.29) is 12.1 Å². The number of nitrogens with zero attached hydrogens (tertiary/aromatic N) is 3. The van der Waals surface area contributed by atoms with Crippen molar-refractivity contribution >= 4 is 34.1 Å². The summed E-state index contributed by atoms with van der Waals surface area (Å²) in [4.78, 5) is 21.1. The number of para-hydroxylation sites is 1. The summed E-state index contributed by atoms with van der Waals surface area (Å²) in [6.45, 7) is 1.03. The van der Waals surface area contributed by atoms with Crippen LogP contribution in [0.3, 0.4) is 0 Å². The number of amides is 2. The second kappa shape index (κ2) is 9.29. The summed E-state index contributed by atoms with van der Waals surface area (Å²) >= 11 is 0. The highest BCUT2D eigenvalue weighted by Crippen LogP contribution is 2.37. The van der Waals surface area contributed by atoms with E-state index in [9.17, 15) is 4.79 Å². The van der Waals surface area contributed by atoms with Crippen molar-refractivity contribution in [3.63, 3.8) is 0 Å². The highest BCUT2D eigenvalue weighted by molar-refractivity contribution is 5.93. The molecule has 178 valence electrons. The molecule has 34 heavy (non-hydrogen) atoms. The van der Waals surface area contributed by atoms with Gasteiger partial charge in [0.15, 0.2) is 11.5 Å². The fraction of sp³-hybridized carbons (Fsp3) is 0.385. The van der Waals surface area contributed by atoms with E-state index in [0.717, 1.165) is 53.8 Å². The van der Waals surface area contributed by atoms with Gasteiger partial charge in [-0.3, -0.25) is 4.90 Å². The van der Waals surface area contributed by atoms with Crippen molar-refractivity contribution in [3.05, 3.63) is 48.5 Å². The molecule has 2 heterocycles. The summed E-state index contributed by atoms with van der Waals surface area (Å²) in [6, 6.07) is 15.8. The monoisotopic (exact) mass is 461 g/mol. The van der Waals surface area contributed by atoms with Crippen LogP contribution < -0.4 is 30.3 Å². The number of carbonyl (C=O) groups is 1. The Balaban J connectivity index is 1.29. The molecular formula is C26H31N5O3. The summed E-state index contributed by atoms with van der Waals surface area (Å²) < 4.78 is 11.3. The molecule has 1 saturated carbocycles. The molecule has 1 aliphatic carbocycles. The lowest BCUT2D eigenvalue weighted by Gasteiger charge is -2.36. The number of nitrogens with one attached hydrogen (secondary N) is 1. The molecule has 0 bridgehead atoms. The Morgan fingerprint density at radius 3 is 2.47 bits per heavy atom. The molecule has 5 rings (SSSR count). The van der Waals surface area contributed by atoms with Gasteiger partial charge in [0.1, 0.15) is 19.0 Å². The minimum atomic E-state index is -0.445. The molecule has 0 atom stereocenters. The molecule has 3 aromatic rings. The summed E-state index contributed by atoms with van der Waals surface area (Å²) in [5.74, 6) is 2.24. The first-order valence-corrected chi connectivity index (χ1v) is 11.8. The second-order valence-electron chi connectivity index (χ2n) is 9.12. The number of urea groups is 1. The molecule has 3 N–H and O–H groups in total. The number of fused-ring (bicyclic) bond motifs is 2. The molecule has 1 aliphatic heterocycles. The van der Waals surface area contributed by atoms with E-state index in [1.165, 1.54) is 0 Å². The van der Waals surface area contributed by atoms with Crippen LogP contribution in [0.15, 0.2) is 48.5 Å². The van der Waals surface area contributed by atoms with Crippen molar-refractivity contribution in [3.8, 4) is 11.5 Å². The Bertz CT molecular complexity index is 1190. The number of carbonyl (C=O) groups excluding carboxylic acids is 1. The lowest BCUT2D eigenvalue weighted by Crippen LogP contribution is -2.46. The van der Waals surface area contributed by atoms with Crippen molar-refractivity contribution in [2.24, 2.45) is 5.73 Å². The lowest BCUT2D eigenvalue weighted by molar-refractivity contribution is 0.171. The largest absolute Gasteiger partial charge is 0.486 e. The SMILES string of the molecule is CN(C)c1cc(NC2CCC(N(C(N)=O)c3ccc4c(c3)OCCO4)CC2)nc2ccccc12. The Hall–Kier alpha value is -3.68. The maximum atomic E-state index is 12.4. The van der Waals surface area contributed by atoms with E-state index in [1.807, 2.05) is 50.5 Å². The number of benzene rings is 2. The minimum Gasteiger partial charge on any atom is -0.486 e. The normalized spacial score (nSPS) is 19.5. The third kappa shape index (κ3) is 4.40. The number of hydrogen-bond acceptors (Lipinski definition) is 6. The second-order valence-corrected chi connectivity index (χ2v) is 9.12.